The Balaban J connectivity index is 0.00000192. The summed E-state index contributed by atoms with van der Waals surface area (Å²) in [5.74, 6) is -0.906. The molecule has 0 aromatic carbocycles. The van der Waals surface area contributed by atoms with Gasteiger partial charge in [-0.1, -0.05) is 0 Å². The second-order valence-corrected chi connectivity index (χ2v) is 4.75. The van der Waals surface area contributed by atoms with Crippen LogP contribution in [-0.4, -0.2) is 60.0 Å². The monoisotopic (exact) mass is 334 g/mol. The molecule has 4 atom stereocenters. The Labute approximate surface area is 149 Å². The molecule has 0 unspecified atom stereocenters. The molecule has 3 rings (SSSR count). The normalized spacial score (nSPS) is 27.1. The minimum Gasteiger partial charge on any atom is -0.858 e. The van der Waals surface area contributed by atoms with Gasteiger partial charge in [0.25, 0.3) is 11.1 Å². The van der Waals surface area contributed by atoms with Crippen LogP contribution in [0.5, 0.6) is 5.88 Å². The number of ether oxygens (including phenoxy) is 1. The fourth-order valence-electron chi connectivity index (χ4n) is 2.34. The van der Waals surface area contributed by atoms with Crippen LogP contribution in [0.1, 0.15) is 6.23 Å². The van der Waals surface area contributed by atoms with Crippen LogP contribution in [0.3, 0.4) is 0 Å². The van der Waals surface area contributed by atoms with Crippen LogP contribution < -0.4 is 45.8 Å². The van der Waals surface area contributed by atoms with Gasteiger partial charge in [-0.2, -0.15) is 0 Å². The number of aliphatic hydroxyl groups excluding tert-OH is 3. The minimum absolute atomic E-state index is 0. The third-order valence-electron chi connectivity index (χ3n) is 3.45. The van der Waals surface area contributed by atoms with Crippen LogP contribution >= 0.6 is 0 Å². The molecule has 0 bridgehead atoms. The Morgan fingerprint density at radius 1 is 1.30 bits per heavy atom. The van der Waals surface area contributed by atoms with E-state index in [0.29, 0.717) is 4.68 Å². The van der Waals surface area contributed by atoms with Crippen LogP contribution in [0, 0.1) is 0 Å². The van der Waals surface area contributed by atoms with Gasteiger partial charge in [0.15, 0.2) is 6.23 Å². The fourth-order valence-corrected chi connectivity index (χ4v) is 2.34. The maximum absolute atomic E-state index is 12.3. The van der Waals surface area contributed by atoms with Crippen molar-refractivity contribution in [1.82, 2.24) is 19.7 Å². The number of H-pyrrole nitrogens is 1. The molecule has 12 heteroatoms. The van der Waals surface area contributed by atoms with Gasteiger partial charge in [0.1, 0.15) is 30.2 Å². The molecule has 23 heavy (non-hydrogen) atoms. The van der Waals surface area contributed by atoms with Crippen LogP contribution in [0.2, 0.25) is 0 Å². The number of hydrogen-bond acceptors (Lipinski definition) is 9. The van der Waals surface area contributed by atoms with E-state index in [1.54, 1.807) is 0 Å². The molecule has 118 valence electrons. The Morgan fingerprint density at radius 3 is 2.61 bits per heavy atom. The van der Waals surface area contributed by atoms with E-state index < -0.39 is 59.0 Å². The summed E-state index contributed by atoms with van der Waals surface area (Å²) in [5, 5.41) is 41.7. The smallest absolute Gasteiger partial charge is 0.858 e. The average molecular weight is 334 g/mol. The van der Waals surface area contributed by atoms with E-state index in [1.165, 1.54) is 0 Å². The number of hydrogen-bond donors (Lipinski definition) is 4. The van der Waals surface area contributed by atoms with Crippen LogP contribution in [-0.2, 0) is 4.74 Å². The van der Waals surface area contributed by atoms with E-state index in [-0.39, 0.29) is 29.6 Å². The van der Waals surface area contributed by atoms with Gasteiger partial charge in [-0.15, -0.1) is 0 Å². The second kappa shape index (κ2) is 6.65. The van der Waals surface area contributed by atoms with Crippen molar-refractivity contribution in [2.24, 2.45) is 0 Å². The van der Waals surface area contributed by atoms with E-state index >= 15 is 0 Å². The molecular weight excluding hydrogens is 323 g/mol. The van der Waals surface area contributed by atoms with Gasteiger partial charge in [-0.25, -0.2) is 9.67 Å². The van der Waals surface area contributed by atoms with Crippen molar-refractivity contribution >= 4 is 10.9 Å². The predicted octanol–water partition coefficient (Wildman–Crippen LogP) is -6.83. The Morgan fingerprint density at radius 2 is 2.00 bits per heavy atom. The molecule has 11 nitrogen and oxygen atoms in total. The quantitative estimate of drug-likeness (QED) is 0.389. The molecule has 4 N–H and O–H groups in total. The van der Waals surface area contributed by atoms with Gasteiger partial charge < -0.3 is 25.2 Å². The first-order valence-electron chi connectivity index (χ1n) is 6.24. The zero-order chi connectivity index (χ0) is 16.0. The predicted molar refractivity (Wildman–Crippen MR) is 66.9 cm³/mol. The number of aromatic amines is 1. The van der Waals surface area contributed by atoms with Gasteiger partial charge in [0, 0.05) is 5.88 Å². The molecule has 0 radical (unpaired) electrons. The Hall–Kier alpha value is -1.34. The van der Waals surface area contributed by atoms with E-state index in [9.17, 15) is 24.9 Å². The van der Waals surface area contributed by atoms with Gasteiger partial charge in [-0.05, 0) is 0 Å². The Kier molecular flexibility index (Phi) is 5.20. The molecule has 2 aromatic rings. The summed E-state index contributed by atoms with van der Waals surface area (Å²) in [6, 6.07) is 0. The summed E-state index contributed by atoms with van der Waals surface area (Å²) in [6.07, 6.45) is -4.71. The zero-order valence-electron chi connectivity index (χ0n) is 11.9. The summed E-state index contributed by atoms with van der Waals surface area (Å²) < 4.78 is 5.78. The largest absolute Gasteiger partial charge is 1.00 e. The van der Waals surface area contributed by atoms with E-state index in [0.717, 1.165) is 6.33 Å². The number of nitrogens with zero attached hydrogens (tertiary/aromatic N) is 3. The average Bonchev–Trinajstić information content (AvgIpc) is 2.78. The van der Waals surface area contributed by atoms with E-state index in [4.69, 9.17) is 9.84 Å². The maximum Gasteiger partial charge on any atom is 1.00 e. The molecule has 3 heterocycles. The second-order valence-electron chi connectivity index (χ2n) is 4.75. The number of rotatable bonds is 2. The molecule has 0 spiro atoms. The number of nitrogens with one attached hydrogen (secondary N) is 1. The first-order chi connectivity index (χ1) is 10.5. The molecule has 1 aliphatic rings. The molecule has 2 aromatic heterocycles. The molecule has 0 amide bonds. The van der Waals surface area contributed by atoms with Crippen LogP contribution in [0.4, 0.5) is 0 Å². The van der Waals surface area contributed by atoms with Gasteiger partial charge in [-0.3, -0.25) is 19.7 Å². The maximum atomic E-state index is 12.3. The van der Waals surface area contributed by atoms with Gasteiger partial charge in [0.05, 0.1) is 12.0 Å². The molecule has 1 saturated heterocycles. The SMILES string of the molecule is O=c1[nH]n([C@@H]2O[C@H](CO)[C@@H](O)[C@H]2O)c(=O)c2ncnc([O-])c12.[Na+]. The van der Waals surface area contributed by atoms with Crippen molar-refractivity contribution < 1.29 is 54.7 Å². The topological polar surface area (TPSA) is 174 Å². The number of aromatic nitrogens is 4. The first-order valence-corrected chi connectivity index (χ1v) is 6.24. The summed E-state index contributed by atoms with van der Waals surface area (Å²) in [7, 11) is 0. The minimum atomic E-state index is -1.56. The van der Waals surface area contributed by atoms with E-state index in [1.807, 2.05) is 0 Å². The third kappa shape index (κ3) is 2.80. The van der Waals surface area contributed by atoms with E-state index in [2.05, 4.69) is 15.1 Å². The van der Waals surface area contributed by atoms with Crippen molar-refractivity contribution in [2.75, 3.05) is 6.61 Å². The van der Waals surface area contributed by atoms with Crippen molar-refractivity contribution in [1.29, 1.82) is 0 Å². The summed E-state index contributed by atoms with van der Waals surface area (Å²) in [5.41, 5.74) is -2.26. The summed E-state index contributed by atoms with van der Waals surface area (Å²) >= 11 is 0. The number of fused-ring (bicyclic) bond motifs is 1. The van der Waals surface area contributed by atoms with Crippen molar-refractivity contribution in [3.8, 4) is 5.88 Å². The van der Waals surface area contributed by atoms with Gasteiger partial charge >= 0.3 is 29.6 Å². The molecule has 0 saturated carbocycles. The standard InChI is InChI=1S/C11H12N4O7.Na/c16-1-3-6(17)7(18)11(22-3)15-10(21)5-4(9(20)14-15)8(19)13-2-12-5;/h2-3,6-7,11,16-18H,1H2,(H,14,20)(H,12,13,19);/q;+1/p-1/t3-,6-,7-,11-;/m1./s1. The molecule has 0 aliphatic carbocycles. The summed E-state index contributed by atoms with van der Waals surface area (Å²) in [6.45, 7) is -0.589. The first kappa shape index (κ1) is 18.0. The molecular formula is C11H11N4NaO7. The zero-order valence-corrected chi connectivity index (χ0v) is 13.9. The third-order valence-corrected chi connectivity index (χ3v) is 3.45. The van der Waals surface area contributed by atoms with Crippen LogP contribution in [0.15, 0.2) is 15.9 Å². The number of aliphatic hydroxyl groups is 3. The van der Waals surface area contributed by atoms with Crippen LogP contribution in [0.25, 0.3) is 10.9 Å². The van der Waals surface area contributed by atoms with Gasteiger partial charge in [0.2, 0.25) is 0 Å². The Bertz CT molecular complexity index is 837. The fraction of sp³-hybridized carbons (Fsp3) is 0.455. The summed E-state index contributed by atoms with van der Waals surface area (Å²) in [4.78, 5) is 31.1. The molecule has 1 aliphatic heterocycles. The van der Waals surface area contributed by atoms with Crippen molar-refractivity contribution in [2.45, 2.75) is 24.5 Å². The molecule has 1 fully saturated rings. The van der Waals surface area contributed by atoms with Crippen molar-refractivity contribution in [3.63, 3.8) is 0 Å². The van der Waals surface area contributed by atoms with Crippen molar-refractivity contribution in [3.05, 3.63) is 27.0 Å².